The Morgan fingerprint density at radius 2 is 1.73 bits per heavy atom. The Hall–Kier alpha value is -0.870. The minimum atomic E-state index is 0.176. The molecule has 2 heterocycles. The second-order valence-corrected chi connectivity index (χ2v) is 10.2. The molecule has 26 heavy (non-hydrogen) atoms. The summed E-state index contributed by atoms with van der Waals surface area (Å²) in [5.74, 6) is 0. The van der Waals surface area contributed by atoms with E-state index < -0.39 is 0 Å². The lowest BCUT2D eigenvalue weighted by Crippen LogP contribution is -2.47. The molecule has 1 aromatic heterocycles. The van der Waals surface area contributed by atoms with Gasteiger partial charge in [-0.05, 0) is 75.9 Å². The van der Waals surface area contributed by atoms with Crippen LogP contribution < -0.4 is 0 Å². The summed E-state index contributed by atoms with van der Waals surface area (Å²) >= 11 is 8.02. The highest BCUT2D eigenvalue weighted by atomic mass is 35.5. The smallest absolute Gasteiger partial charge is 0.0931 e. The highest BCUT2D eigenvalue weighted by Crippen LogP contribution is 2.53. The Bertz CT molecular complexity index is 732. The van der Waals surface area contributed by atoms with Gasteiger partial charge in [0.05, 0.1) is 9.88 Å². The quantitative estimate of drug-likeness (QED) is 0.670. The average Bonchev–Trinajstić information content (AvgIpc) is 3.24. The molecule has 0 atom stereocenters. The third-order valence-electron chi connectivity index (χ3n) is 6.79. The third kappa shape index (κ3) is 3.47. The van der Waals surface area contributed by atoms with E-state index >= 15 is 0 Å². The number of hydrogen-bond donors (Lipinski definition) is 0. The Labute approximate surface area is 166 Å². The monoisotopic (exact) mass is 388 g/mol. The molecule has 1 aliphatic heterocycles. The van der Waals surface area contributed by atoms with Crippen LogP contribution in [0.1, 0.15) is 42.5 Å². The molecular formula is C22H29ClN2S. The van der Waals surface area contributed by atoms with Crippen molar-refractivity contribution in [3.05, 3.63) is 57.2 Å². The molecule has 4 rings (SSSR count). The maximum atomic E-state index is 6.26. The molecule has 0 amide bonds. The van der Waals surface area contributed by atoms with E-state index in [4.69, 9.17) is 11.6 Å². The number of likely N-dealkylation sites (tertiary alicyclic amines) is 1. The summed E-state index contributed by atoms with van der Waals surface area (Å²) in [6.45, 7) is 3.60. The van der Waals surface area contributed by atoms with E-state index in [0.717, 1.165) is 10.9 Å². The van der Waals surface area contributed by atoms with Crippen LogP contribution in [0, 0.1) is 5.41 Å². The summed E-state index contributed by atoms with van der Waals surface area (Å²) in [5, 5.41) is 0. The van der Waals surface area contributed by atoms with Gasteiger partial charge in [0, 0.05) is 18.0 Å². The Kier molecular flexibility index (Phi) is 5.17. The second kappa shape index (κ2) is 7.27. The van der Waals surface area contributed by atoms with Gasteiger partial charge in [-0.2, -0.15) is 0 Å². The number of benzene rings is 1. The predicted molar refractivity (Wildman–Crippen MR) is 112 cm³/mol. The van der Waals surface area contributed by atoms with Gasteiger partial charge in [0.1, 0.15) is 0 Å². The van der Waals surface area contributed by atoms with Crippen LogP contribution in [0.5, 0.6) is 0 Å². The normalized spacial score (nSPS) is 29.7. The SMILES string of the molecule is CN(C)C1(c2ccc(Cl)s2)CCC2(CCN(Cc3ccccc3)C2)CC1. The van der Waals surface area contributed by atoms with E-state index in [0.29, 0.717) is 5.41 Å². The van der Waals surface area contributed by atoms with Gasteiger partial charge < -0.3 is 0 Å². The topological polar surface area (TPSA) is 6.48 Å². The summed E-state index contributed by atoms with van der Waals surface area (Å²) < 4.78 is 0.913. The molecule has 0 bridgehead atoms. The fraction of sp³-hybridized carbons (Fsp3) is 0.545. The summed E-state index contributed by atoms with van der Waals surface area (Å²) in [6, 6.07) is 15.2. The van der Waals surface area contributed by atoms with E-state index in [1.165, 1.54) is 55.6 Å². The van der Waals surface area contributed by atoms with Crippen molar-refractivity contribution in [3.63, 3.8) is 0 Å². The molecule has 1 aromatic carbocycles. The van der Waals surface area contributed by atoms with Gasteiger partial charge in [0.2, 0.25) is 0 Å². The van der Waals surface area contributed by atoms with Crippen molar-refractivity contribution in [2.75, 3.05) is 27.2 Å². The van der Waals surface area contributed by atoms with Crippen LogP contribution in [-0.2, 0) is 12.1 Å². The average molecular weight is 389 g/mol. The molecule has 2 aromatic rings. The van der Waals surface area contributed by atoms with Crippen molar-refractivity contribution in [2.24, 2.45) is 5.41 Å². The zero-order valence-electron chi connectivity index (χ0n) is 15.9. The molecule has 140 valence electrons. The largest absolute Gasteiger partial charge is 0.299 e. The molecule has 4 heteroatoms. The van der Waals surface area contributed by atoms with Crippen LogP contribution in [0.25, 0.3) is 0 Å². The molecule has 2 fully saturated rings. The minimum Gasteiger partial charge on any atom is -0.299 e. The molecular weight excluding hydrogens is 360 g/mol. The van der Waals surface area contributed by atoms with Crippen molar-refractivity contribution in [1.29, 1.82) is 0 Å². The van der Waals surface area contributed by atoms with Crippen molar-refractivity contribution < 1.29 is 0 Å². The van der Waals surface area contributed by atoms with Crippen LogP contribution in [-0.4, -0.2) is 37.0 Å². The highest BCUT2D eigenvalue weighted by molar-refractivity contribution is 7.16. The molecule has 1 saturated carbocycles. The molecule has 0 radical (unpaired) electrons. The van der Waals surface area contributed by atoms with E-state index in [2.05, 4.69) is 66.4 Å². The first-order valence-corrected chi connectivity index (χ1v) is 10.9. The molecule has 1 saturated heterocycles. The summed E-state index contributed by atoms with van der Waals surface area (Å²) in [6.07, 6.45) is 6.50. The lowest BCUT2D eigenvalue weighted by atomic mass is 9.66. The molecule has 1 spiro atoms. The summed E-state index contributed by atoms with van der Waals surface area (Å²) in [5.41, 5.74) is 2.14. The van der Waals surface area contributed by atoms with Crippen LogP contribution in [0.15, 0.2) is 42.5 Å². The maximum Gasteiger partial charge on any atom is 0.0931 e. The van der Waals surface area contributed by atoms with Crippen LogP contribution in [0.3, 0.4) is 0 Å². The first kappa shape index (κ1) is 18.5. The second-order valence-electron chi connectivity index (χ2n) is 8.48. The van der Waals surface area contributed by atoms with Crippen LogP contribution in [0.2, 0.25) is 4.34 Å². The standard InChI is InChI=1S/C22H29ClN2S/c1-24(2)22(19-8-9-20(23)26-19)12-10-21(11-13-22)14-15-25(17-21)16-18-6-4-3-5-7-18/h3-9H,10-17H2,1-2H3. The van der Waals surface area contributed by atoms with Crippen molar-refractivity contribution in [2.45, 2.75) is 44.2 Å². The van der Waals surface area contributed by atoms with Gasteiger partial charge in [-0.1, -0.05) is 41.9 Å². The summed E-state index contributed by atoms with van der Waals surface area (Å²) in [7, 11) is 4.48. The number of halogens is 1. The van der Waals surface area contributed by atoms with E-state index in [1.54, 1.807) is 11.3 Å². The first-order chi connectivity index (χ1) is 12.5. The molecule has 2 nitrogen and oxygen atoms in total. The third-order valence-corrected chi connectivity index (χ3v) is 8.22. The Morgan fingerprint density at radius 3 is 2.35 bits per heavy atom. The number of hydrogen-bond acceptors (Lipinski definition) is 3. The molecule has 2 aliphatic rings. The van der Waals surface area contributed by atoms with E-state index in [1.807, 2.05) is 0 Å². The maximum absolute atomic E-state index is 6.26. The molecule has 0 unspecified atom stereocenters. The van der Waals surface area contributed by atoms with Crippen LogP contribution in [0.4, 0.5) is 0 Å². The Morgan fingerprint density at radius 1 is 1.00 bits per heavy atom. The number of rotatable bonds is 4. The van der Waals surface area contributed by atoms with Crippen molar-refractivity contribution >= 4 is 22.9 Å². The first-order valence-electron chi connectivity index (χ1n) is 9.71. The number of nitrogens with zero attached hydrogens (tertiary/aromatic N) is 2. The Balaban J connectivity index is 1.44. The van der Waals surface area contributed by atoms with Gasteiger partial charge >= 0.3 is 0 Å². The van der Waals surface area contributed by atoms with Crippen molar-refractivity contribution in [1.82, 2.24) is 9.80 Å². The minimum absolute atomic E-state index is 0.176. The van der Waals surface area contributed by atoms with E-state index in [9.17, 15) is 0 Å². The van der Waals surface area contributed by atoms with Gasteiger partial charge in [0.15, 0.2) is 0 Å². The lowest BCUT2D eigenvalue weighted by molar-refractivity contribution is 0.0405. The fourth-order valence-corrected chi connectivity index (χ4v) is 6.46. The van der Waals surface area contributed by atoms with Gasteiger partial charge in [-0.25, -0.2) is 0 Å². The molecule has 0 N–H and O–H groups in total. The van der Waals surface area contributed by atoms with Gasteiger partial charge in [0.25, 0.3) is 0 Å². The fourth-order valence-electron chi connectivity index (χ4n) is 5.08. The van der Waals surface area contributed by atoms with Gasteiger partial charge in [-0.15, -0.1) is 11.3 Å². The van der Waals surface area contributed by atoms with Crippen molar-refractivity contribution in [3.8, 4) is 0 Å². The van der Waals surface area contributed by atoms with E-state index in [-0.39, 0.29) is 5.54 Å². The van der Waals surface area contributed by atoms with Crippen LogP contribution >= 0.6 is 22.9 Å². The summed E-state index contributed by atoms with van der Waals surface area (Å²) in [4.78, 5) is 6.56. The van der Waals surface area contributed by atoms with Gasteiger partial charge in [-0.3, -0.25) is 9.80 Å². The number of thiophene rings is 1. The zero-order valence-corrected chi connectivity index (χ0v) is 17.5. The predicted octanol–water partition coefficient (Wildman–Crippen LogP) is 5.62. The highest BCUT2D eigenvalue weighted by Gasteiger charge is 2.48. The zero-order chi connectivity index (χ0) is 18.2. The molecule has 1 aliphatic carbocycles. The lowest BCUT2D eigenvalue weighted by Gasteiger charge is -2.48.